The van der Waals surface area contributed by atoms with E-state index in [1.807, 2.05) is 35.9 Å². The van der Waals surface area contributed by atoms with Crippen LogP contribution >= 0.6 is 0 Å². The molecule has 4 aromatic rings. The molecule has 0 bridgehead atoms. The van der Waals surface area contributed by atoms with Crippen molar-refractivity contribution in [2.24, 2.45) is 0 Å². The van der Waals surface area contributed by atoms with Gasteiger partial charge < -0.3 is 24.8 Å². The number of rotatable bonds is 8. The lowest BCUT2D eigenvalue weighted by atomic mass is 10.0. The lowest BCUT2D eigenvalue weighted by molar-refractivity contribution is 0.324. The van der Waals surface area contributed by atoms with E-state index in [0.717, 1.165) is 28.2 Å². The summed E-state index contributed by atoms with van der Waals surface area (Å²) >= 11 is 0. The van der Waals surface area contributed by atoms with Crippen molar-refractivity contribution in [2.45, 2.75) is 19.8 Å². The molecule has 172 valence electrons. The zero-order valence-electron chi connectivity index (χ0n) is 19.8. The fourth-order valence-corrected chi connectivity index (χ4v) is 3.80. The first-order chi connectivity index (χ1) is 16.0. The molecule has 2 heterocycles. The molecule has 0 aliphatic heterocycles. The summed E-state index contributed by atoms with van der Waals surface area (Å²) in [4.78, 5) is 9.27. The number of pyridine rings is 1. The van der Waals surface area contributed by atoms with Crippen LogP contribution in [0.15, 0.2) is 48.7 Å². The molecule has 2 aromatic carbocycles. The minimum atomic E-state index is 0.446. The summed E-state index contributed by atoms with van der Waals surface area (Å²) in [5, 5.41) is 6.59. The normalized spacial score (nSPS) is 11.0. The van der Waals surface area contributed by atoms with Gasteiger partial charge in [0.1, 0.15) is 11.3 Å². The van der Waals surface area contributed by atoms with Crippen molar-refractivity contribution < 1.29 is 14.2 Å². The Kier molecular flexibility index (Phi) is 6.26. The monoisotopic (exact) mass is 447 g/mol. The van der Waals surface area contributed by atoms with Crippen LogP contribution < -0.4 is 24.8 Å². The molecule has 8 nitrogen and oxygen atoms in total. The third-order valence-electron chi connectivity index (χ3n) is 5.50. The quantitative estimate of drug-likeness (QED) is 0.376. The first kappa shape index (κ1) is 22.3. The number of hydrogen-bond acceptors (Lipinski definition) is 7. The molecule has 2 N–H and O–H groups in total. The van der Waals surface area contributed by atoms with Crippen molar-refractivity contribution in [2.75, 3.05) is 39.0 Å². The van der Waals surface area contributed by atoms with Gasteiger partial charge in [-0.1, -0.05) is 26.0 Å². The van der Waals surface area contributed by atoms with E-state index < -0.39 is 0 Å². The molecule has 0 saturated heterocycles. The van der Waals surface area contributed by atoms with Gasteiger partial charge in [0.15, 0.2) is 11.5 Å². The molecule has 0 radical (unpaired) electrons. The molecule has 0 aliphatic rings. The van der Waals surface area contributed by atoms with Crippen molar-refractivity contribution in [3.05, 3.63) is 54.2 Å². The molecule has 0 spiro atoms. The molecule has 0 saturated carbocycles. The zero-order valence-corrected chi connectivity index (χ0v) is 19.8. The van der Waals surface area contributed by atoms with Crippen LogP contribution in [0.1, 0.15) is 25.3 Å². The largest absolute Gasteiger partial charge is 0.493 e. The molecule has 2 aromatic heterocycles. The highest BCUT2D eigenvalue weighted by Crippen LogP contribution is 2.40. The van der Waals surface area contributed by atoms with Crippen LogP contribution in [-0.2, 0) is 0 Å². The van der Waals surface area contributed by atoms with Crippen LogP contribution in [-0.4, -0.2) is 42.9 Å². The van der Waals surface area contributed by atoms with Gasteiger partial charge in [-0.3, -0.25) is 4.57 Å². The zero-order chi connectivity index (χ0) is 23.5. The molecule has 4 rings (SSSR count). The van der Waals surface area contributed by atoms with Crippen molar-refractivity contribution in [1.29, 1.82) is 0 Å². The molecule has 33 heavy (non-hydrogen) atoms. The van der Waals surface area contributed by atoms with Crippen LogP contribution in [0.4, 0.5) is 17.5 Å². The average molecular weight is 448 g/mol. The van der Waals surface area contributed by atoms with E-state index in [9.17, 15) is 0 Å². The summed E-state index contributed by atoms with van der Waals surface area (Å²) < 4.78 is 18.6. The SMILES string of the molecule is CNc1nc2cnc(Nc3cccc(C(C)C)c3)cc2n1-c1cc(OC)c(OC)c(OC)c1. The number of imidazole rings is 1. The Hall–Kier alpha value is -3.94. The fourth-order valence-electron chi connectivity index (χ4n) is 3.80. The topological polar surface area (TPSA) is 82.5 Å². The van der Waals surface area contributed by atoms with Gasteiger partial charge >= 0.3 is 0 Å². The van der Waals surface area contributed by atoms with Gasteiger partial charge in [-0.05, 0) is 23.6 Å². The highest BCUT2D eigenvalue weighted by molar-refractivity contribution is 5.84. The van der Waals surface area contributed by atoms with Crippen LogP contribution in [0, 0.1) is 0 Å². The standard InChI is InChI=1S/C25H29N5O3/c1-15(2)16-8-7-9-17(10-16)28-23-13-20-19(14-27-23)29-25(26-3)30(20)18-11-21(31-4)24(33-6)22(12-18)32-5/h7-15H,1-6H3,(H,26,29)(H,27,28). The van der Waals surface area contributed by atoms with E-state index in [1.165, 1.54) is 5.56 Å². The van der Waals surface area contributed by atoms with Crippen LogP contribution in [0.3, 0.4) is 0 Å². The number of ether oxygens (including phenoxy) is 3. The van der Waals surface area contributed by atoms with Crippen molar-refractivity contribution in [3.63, 3.8) is 0 Å². The predicted molar refractivity (Wildman–Crippen MR) is 132 cm³/mol. The van der Waals surface area contributed by atoms with Crippen molar-refractivity contribution >= 4 is 28.5 Å². The first-order valence-electron chi connectivity index (χ1n) is 10.7. The number of benzene rings is 2. The predicted octanol–water partition coefficient (Wildman–Crippen LogP) is 5.36. The lowest BCUT2D eigenvalue weighted by Crippen LogP contribution is -2.04. The summed E-state index contributed by atoms with van der Waals surface area (Å²) in [6, 6.07) is 14.1. The number of anilines is 3. The van der Waals surface area contributed by atoms with E-state index in [4.69, 9.17) is 19.2 Å². The van der Waals surface area contributed by atoms with Gasteiger partial charge in [-0.15, -0.1) is 0 Å². The maximum absolute atomic E-state index is 5.55. The third kappa shape index (κ3) is 4.24. The lowest BCUT2D eigenvalue weighted by Gasteiger charge is -2.16. The Morgan fingerprint density at radius 2 is 1.67 bits per heavy atom. The number of aromatic nitrogens is 3. The number of hydrogen-bond donors (Lipinski definition) is 2. The second kappa shape index (κ2) is 9.28. The molecular weight excluding hydrogens is 418 g/mol. The highest BCUT2D eigenvalue weighted by Gasteiger charge is 2.19. The molecule has 0 atom stereocenters. The Labute approximate surface area is 193 Å². The second-order valence-corrected chi connectivity index (χ2v) is 7.87. The molecule has 0 unspecified atom stereocenters. The van der Waals surface area contributed by atoms with Crippen molar-refractivity contribution in [3.8, 4) is 22.9 Å². The van der Waals surface area contributed by atoms with Crippen molar-refractivity contribution in [1.82, 2.24) is 14.5 Å². The molecule has 0 aliphatic carbocycles. The number of fused-ring (bicyclic) bond motifs is 1. The molecule has 0 amide bonds. The maximum atomic E-state index is 5.55. The highest BCUT2D eigenvalue weighted by atomic mass is 16.5. The van der Waals surface area contributed by atoms with Gasteiger partial charge in [0, 0.05) is 30.9 Å². The molecule has 0 fully saturated rings. The van der Waals surface area contributed by atoms with E-state index in [2.05, 4.69) is 47.7 Å². The van der Waals surface area contributed by atoms with Gasteiger partial charge in [-0.2, -0.15) is 0 Å². The molecule has 8 heteroatoms. The van der Waals surface area contributed by atoms with Crippen LogP contribution in [0.5, 0.6) is 17.2 Å². The minimum absolute atomic E-state index is 0.446. The maximum Gasteiger partial charge on any atom is 0.208 e. The summed E-state index contributed by atoms with van der Waals surface area (Å²) in [6.45, 7) is 4.36. The van der Waals surface area contributed by atoms with Gasteiger partial charge in [0.2, 0.25) is 11.7 Å². The van der Waals surface area contributed by atoms with Crippen LogP contribution in [0.2, 0.25) is 0 Å². The van der Waals surface area contributed by atoms with Gasteiger partial charge in [0.25, 0.3) is 0 Å². The van der Waals surface area contributed by atoms with E-state index in [-0.39, 0.29) is 0 Å². The van der Waals surface area contributed by atoms with E-state index in [1.54, 1.807) is 27.5 Å². The Balaban J connectivity index is 1.83. The number of nitrogens with one attached hydrogen (secondary N) is 2. The third-order valence-corrected chi connectivity index (χ3v) is 5.50. The first-order valence-corrected chi connectivity index (χ1v) is 10.7. The van der Waals surface area contributed by atoms with Crippen LogP contribution in [0.25, 0.3) is 16.7 Å². The Morgan fingerprint density at radius 1 is 0.939 bits per heavy atom. The summed E-state index contributed by atoms with van der Waals surface area (Å²) in [6.07, 6.45) is 1.76. The van der Waals surface area contributed by atoms with Gasteiger partial charge in [0.05, 0.1) is 38.7 Å². The Morgan fingerprint density at radius 3 is 2.27 bits per heavy atom. The summed E-state index contributed by atoms with van der Waals surface area (Å²) in [7, 11) is 6.62. The second-order valence-electron chi connectivity index (χ2n) is 7.87. The summed E-state index contributed by atoms with van der Waals surface area (Å²) in [5.41, 5.74) is 4.71. The number of methoxy groups -OCH3 is 3. The average Bonchev–Trinajstić information content (AvgIpc) is 3.21. The molecular formula is C25H29N5O3. The van der Waals surface area contributed by atoms with E-state index in [0.29, 0.717) is 29.1 Å². The smallest absolute Gasteiger partial charge is 0.208 e. The number of nitrogens with zero attached hydrogens (tertiary/aromatic N) is 3. The fraction of sp³-hybridized carbons (Fsp3) is 0.280. The van der Waals surface area contributed by atoms with Gasteiger partial charge in [-0.25, -0.2) is 9.97 Å². The van der Waals surface area contributed by atoms with E-state index >= 15 is 0 Å². The Bertz CT molecular complexity index is 1260. The minimum Gasteiger partial charge on any atom is -0.493 e. The summed E-state index contributed by atoms with van der Waals surface area (Å²) in [5.74, 6) is 3.50.